The first-order valence-electron chi connectivity index (χ1n) is 14.1. The van der Waals surface area contributed by atoms with E-state index in [1.807, 2.05) is 6.92 Å². The van der Waals surface area contributed by atoms with Crippen LogP contribution in [0.1, 0.15) is 25.6 Å². The van der Waals surface area contributed by atoms with E-state index in [9.17, 15) is 13.9 Å². The lowest BCUT2D eigenvalue weighted by Crippen LogP contribution is -2.43. The highest BCUT2D eigenvalue weighted by atomic mass is 32.7. The van der Waals surface area contributed by atoms with Crippen LogP contribution in [0.15, 0.2) is 30.1 Å². The van der Waals surface area contributed by atoms with Gasteiger partial charge in [-0.15, -0.1) is 10.2 Å². The molecule has 19 nitrogen and oxygen atoms in total. The van der Waals surface area contributed by atoms with Crippen molar-refractivity contribution in [3.8, 4) is 0 Å². The van der Waals surface area contributed by atoms with Gasteiger partial charge in [-0.2, -0.15) is 0 Å². The average molecular weight is 712 g/mol. The Balaban J connectivity index is 1.06. The maximum Gasteiger partial charge on any atom is 0.386 e. The number of H-pyrrole nitrogens is 1. The number of imidazole rings is 2. The van der Waals surface area contributed by atoms with Crippen molar-refractivity contribution in [2.75, 3.05) is 25.6 Å². The lowest BCUT2D eigenvalue weighted by Gasteiger charge is -2.45. The molecule has 8 rings (SSSR count). The fraction of sp³-hybridized carbons (Fsp3) is 0.522. The second kappa shape index (κ2) is 11.1. The van der Waals surface area contributed by atoms with E-state index in [0.29, 0.717) is 23.2 Å². The summed E-state index contributed by atoms with van der Waals surface area (Å²) in [4.78, 5) is 32.8. The summed E-state index contributed by atoms with van der Waals surface area (Å²) >= 11 is 8.51. The monoisotopic (exact) mass is 711 g/mol. The molecule has 3 fully saturated rings. The Morgan fingerprint density at radius 3 is 2.59 bits per heavy atom. The van der Waals surface area contributed by atoms with Crippen LogP contribution in [-0.2, 0) is 32.0 Å². The van der Waals surface area contributed by atoms with Crippen LogP contribution >= 0.6 is 38.1 Å². The van der Waals surface area contributed by atoms with Crippen molar-refractivity contribution in [1.29, 1.82) is 0 Å². The third kappa shape index (κ3) is 5.09. The third-order valence-corrected chi connectivity index (χ3v) is 12.1. The van der Waals surface area contributed by atoms with Crippen molar-refractivity contribution in [3.63, 3.8) is 0 Å². The Kier molecular flexibility index (Phi) is 7.35. The number of rotatable bonds is 2. The Labute approximate surface area is 268 Å². The van der Waals surface area contributed by atoms with Crippen molar-refractivity contribution < 1.29 is 32.0 Å². The minimum atomic E-state index is -3.95. The smallest absolute Gasteiger partial charge is 0.382 e. The van der Waals surface area contributed by atoms with Crippen LogP contribution in [0.4, 0.5) is 5.82 Å². The molecule has 5 aromatic rings. The first-order chi connectivity index (χ1) is 22.0. The van der Waals surface area contributed by atoms with Crippen LogP contribution in [0.5, 0.6) is 0 Å². The number of anilines is 1. The SMILES string of the molecule is C[C@@H]1[C@@H]2O[P@](=O)(S)OC[C@H]3C[C@@H](n4cnc5c(=O)n6cnnc6[nH]c54)[C@@H]3CO[P@](=O)(S)OC[C@H]2O[C@H]1n1cnc2c(N)ncnc21. The second-order valence-electron chi connectivity index (χ2n) is 11.4. The Hall–Kier alpha value is -2.87. The zero-order chi connectivity index (χ0) is 32.0. The molecular weight excluding hydrogens is 684 g/mol. The zero-order valence-electron chi connectivity index (χ0n) is 23.8. The van der Waals surface area contributed by atoms with Gasteiger partial charge in [-0.05, 0) is 12.3 Å². The van der Waals surface area contributed by atoms with Gasteiger partial charge in [0.2, 0.25) is 5.78 Å². The van der Waals surface area contributed by atoms with E-state index in [1.165, 1.54) is 23.4 Å². The van der Waals surface area contributed by atoms with E-state index in [0.717, 1.165) is 0 Å². The van der Waals surface area contributed by atoms with Crippen molar-refractivity contribution in [3.05, 3.63) is 35.7 Å². The number of hydrogen-bond acceptors (Lipinski definition) is 15. The molecule has 7 heterocycles. The van der Waals surface area contributed by atoms with Crippen molar-refractivity contribution >= 4 is 72.0 Å². The van der Waals surface area contributed by atoms with Crippen LogP contribution in [0.2, 0.25) is 0 Å². The molecule has 3 aliphatic rings. The molecule has 9 atom stereocenters. The molecule has 46 heavy (non-hydrogen) atoms. The van der Waals surface area contributed by atoms with Gasteiger partial charge in [0.25, 0.3) is 5.56 Å². The molecular formula is C23H27N11O8P2S2. The summed E-state index contributed by atoms with van der Waals surface area (Å²) in [6.07, 6.45) is 3.76. The van der Waals surface area contributed by atoms with E-state index in [4.69, 9.17) is 28.6 Å². The van der Waals surface area contributed by atoms with Crippen LogP contribution in [0.3, 0.4) is 0 Å². The Morgan fingerprint density at radius 1 is 0.978 bits per heavy atom. The van der Waals surface area contributed by atoms with E-state index < -0.39 is 37.9 Å². The normalized spacial score (nSPS) is 35.7. The number of nitrogens with zero attached hydrogens (tertiary/aromatic N) is 9. The van der Waals surface area contributed by atoms with Crippen molar-refractivity contribution in [2.45, 2.75) is 37.8 Å². The van der Waals surface area contributed by atoms with Gasteiger partial charge in [0.15, 0.2) is 17.0 Å². The molecule has 0 amide bonds. The summed E-state index contributed by atoms with van der Waals surface area (Å²) in [5.74, 6) is -0.528. The number of hydrogen-bond donors (Lipinski definition) is 4. The number of aromatic amines is 1. The molecule has 1 aliphatic carbocycles. The summed E-state index contributed by atoms with van der Waals surface area (Å²) in [6.45, 7) is -6.38. The molecule has 0 aromatic carbocycles. The molecule has 0 bridgehead atoms. The summed E-state index contributed by atoms with van der Waals surface area (Å²) in [5, 5.41) is 7.72. The van der Waals surface area contributed by atoms with E-state index in [-0.39, 0.29) is 60.4 Å². The number of ether oxygens (including phenoxy) is 1. The lowest BCUT2D eigenvalue weighted by molar-refractivity contribution is -0.0388. The number of thiol groups is 2. The largest absolute Gasteiger partial charge is 0.386 e. The van der Waals surface area contributed by atoms with Crippen LogP contribution in [0, 0.1) is 17.8 Å². The predicted molar refractivity (Wildman–Crippen MR) is 166 cm³/mol. The van der Waals surface area contributed by atoms with Gasteiger partial charge in [0.05, 0.1) is 32.5 Å². The van der Waals surface area contributed by atoms with Crippen molar-refractivity contribution in [2.24, 2.45) is 17.8 Å². The summed E-state index contributed by atoms with van der Waals surface area (Å²) in [5.41, 5.74) is 7.05. The van der Waals surface area contributed by atoms with Gasteiger partial charge in [-0.25, -0.2) is 33.5 Å². The van der Waals surface area contributed by atoms with Crippen molar-refractivity contribution in [1.82, 2.24) is 48.7 Å². The molecule has 1 saturated carbocycles. The molecule has 0 radical (unpaired) electrons. The third-order valence-electron chi connectivity index (χ3n) is 8.84. The van der Waals surface area contributed by atoms with Crippen LogP contribution < -0.4 is 11.3 Å². The van der Waals surface area contributed by atoms with Gasteiger partial charge < -0.3 is 29.1 Å². The van der Waals surface area contributed by atoms with Gasteiger partial charge in [-0.1, -0.05) is 31.4 Å². The zero-order valence-corrected chi connectivity index (χ0v) is 27.4. The fourth-order valence-electron chi connectivity index (χ4n) is 6.43. The highest BCUT2D eigenvalue weighted by Crippen LogP contribution is 2.61. The molecule has 0 unspecified atom stereocenters. The molecule has 2 aliphatic heterocycles. The summed E-state index contributed by atoms with van der Waals surface area (Å²) in [6, 6.07) is -0.260. The topological polar surface area (TPSA) is 231 Å². The minimum absolute atomic E-state index is 0.000976. The van der Waals surface area contributed by atoms with E-state index >= 15 is 0 Å². The second-order valence-corrected chi connectivity index (χ2v) is 17.2. The number of nitrogens with two attached hydrogens (primary N) is 1. The highest BCUT2D eigenvalue weighted by molar-refractivity contribution is 8.44. The van der Waals surface area contributed by atoms with E-state index in [1.54, 1.807) is 15.5 Å². The number of aromatic nitrogens is 10. The summed E-state index contributed by atoms with van der Waals surface area (Å²) in [7, 11) is 0. The summed E-state index contributed by atoms with van der Waals surface area (Å²) < 4.78 is 61.3. The maximum atomic E-state index is 13.6. The minimum Gasteiger partial charge on any atom is -0.382 e. The lowest BCUT2D eigenvalue weighted by atomic mass is 9.70. The fourth-order valence-corrected chi connectivity index (χ4v) is 9.21. The van der Waals surface area contributed by atoms with E-state index in [2.05, 4.69) is 59.6 Å². The predicted octanol–water partition coefficient (Wildman–Crippen LogP) is 2.42. The average Bonchev–Trinajstić information content (AvgIpc) is 3.79. The first kappa shape index (κ1) is 30.5. The molecule has 3 N–H and O–H groups in total. The highest BCUT2D eigenvalue weighted by Gasteiger charge is 2.50. The first-order valence-corrected chi connectivity index (χ1v) is 19.5. The van der Waals surface area contributed by atoms with Gasteiger partial charge in [-0.3, -0.25) is 18.4 Å². The van der Waals surface area contributed by atoms with Gasteiger partial charge >= 0.3 is 13.6 Å². The molecule has 2 saturated heterocycles. The number of fused-ring (bicyclic) bond motifs is 5. The number of nitrogens with one attached hydrogen (secondary N) is 1. The molecule has 23 heteroatoms. The maximum absolute atomic E-state index is 13.6. The van der Waals surface area contributed by atoms with Gasteiger partial charge in [0.1, 0.15) is 42.3 Å². The number of nitrogen functional groups attached to an aromatic ring is 1. The van der Waals surface area contributed by atoms with Gasteiger partial charge in [0, 0.05) is 17.9 Å². The molecule has 0 spiro atoms. The Morgan fingerprint density at radius 2 is 1.74 bits per heavy atom. The van der Waals surface area contributed by atoms with Crippen LogP contribution in [-0.4, -0.2) is 80.7 Å². The Bertz CT molecular complexity index is 2140. The standard InChI is InChI=1S/C23H27N11O8P2S2/c1-10-17-14(41-22(10)33-8-27-15-18(24)25-6-26-19(15)33)5-40-43(36,45)39-4-12-11(3-38-44(37,46)42-17)2-13(12)32-7-28-16-20(32)30-23-31-29-9-34(23)21(16)35/h6-14,17,22H,2-5H2,1H3,(H,30,31)(H,36,45)(H,37,46)(H2,24,25,26)/t10-,11-,12-,13-,14-,17+,22-,43+,44-/m1/s1. The quantitative estimate of drug-likeness (QED) is 0.152. The molecule has 5 aromatic heterocycles. The van der Waals surface area contributed by atoms with Crippen LogP contribution in [0.25, 0.3) is 28.1 Å². The molecule has 244 valence electrons.